The van der Waals surface area contributed by atoms with Crippen molar-refractivity contribution in [1.82, 2.24) is 0 Å². The van der Waals surface area contributed by atoms with Gasteiger partial charge in [0.1, 0.15) is 11.3 Å². The van der Waals surface area contributed by atoms with E-state index in [1.165, 1.54) is 0 Å². The van der Waals surface area contributed by atoms with Crippen LogP contribution < -0.4 is 0 Å². The maximum Gasteiger partial charge on any atom is 0.197 e. The number of hydrogen-bond acceptors (Lipinski definition) is 2. The van der Waals surface area contributed by atoms with Crippen LogP contribution >= 0.6 is 23.2 Å². The van der Waals surface area contributed by atoms with Crippen molar-refractivity contribution in [3.05, 3.63) is 70.0 Å². The smallest absolute Gasteiger partial charge is 0.197 e. The third-order valence-corrected chi connectivity index (χ3v) is 4.53. The second-order valence-corrected chi connectivity index (χ2v) is 7.14. The highest BCUT2D eigenvalue weighted by atomic mass is 35.5. The van der Waals surface area contributed by atoms with Gasteiger partial charge in [-0.3, -0.25) is 4.79 Å². The van der Waals surface area contributed by atoms with E-state index in [0.29, 0.717) is 33.9 Å². The molecule has 1 heterocycles. The molecule has 1 aromatic heterocycles. The van der Waals surface area contributed by atoms with Gasteiger partial charge in [0.05, 0.1) is 5.56 Å². The predicted molar refractivity (Wildman–Crippen MR) is 111 cm³/mol. The number of ketones is 1. The Kier molecular flexibility index (Phi) is 7.74. The van der Waals surface area contributed by atoms with Gasteiger partial charge in [0.2, 0.25) is 0 Å². The Morgan fingerprint density at radius 2 is 1.88 bits per heavy atom. The number of fused-ring (bicyclic) bond motifs is 1. The number of rotatable bonds is 9. The first-order valence-corrected chi connectivity index (χ1v) is 9.70. The lowest BCUT2D eigenvalue weighted by Crippen LogP contribution is -2.04. The van der Waals surface area contributed by atoms with Crippen LogP contribution in [0.3, 0.4) is 0 Å². The van der Waals surface area contributed by atoms with Crippen molar-refractivity contribution in [3.63, 3.8) is 0 Å². The van der Waals surface area contributed by atoms with Gasteiger partial charge in [0.15, 0.2) is 5.78 Å². The Bertz CT molecular complexity index is 856. The minimum Gasteiger partial charge on any atom is -0.460 e. The average molecular weight is 391 g/mol. The van der Waals surface area contributed by atoms with Gasteiger partial charge in [-0.15, -0.1) is 0 Å². The summed E-state index contributed by atoms with van der Waals surface area (Å²) in [5.41, 5.74) is 1.70. The molecule has 0 saturated carbocycles. The lowest BCUT2D eigenvalue weighted by atomic mass is 9.98. The summed E-state index contributed by atoms with van der Waals surface area (Å²) >= 11 is 12.3. The van der Waals surface area contributed by atoms with Crippen LogP contribution in [0.15, 0.2) is 63.1 Å². The number of hydrogen-bond donors (Lipinski definition) is 0. The SMILES string of the molecule is C=C(Cl)/C=C(\C=C(\Cl)CCCCC)C(=O)c1c(CC)oc2ccccc12. The second kappa shape index (κ2) is 9.80. The van der Waals surface area contributed by atoms with Gasteiger partial charge in [-0.25, -0.2) is 0 Å². The van der Waals surface area contributed by atoms with Crippen LogP contribution in [0, 0.1) is 0 Å². The molecule has 2 rings (SSSR count). The number of para-hydroxylation sites is 1. The van der Waals surface area contributed by atoms with Crippen molar-refractivity contribution >= 4 is 40.0 Å². The molecule has 0 aliphatic heterocycles. The highest BCUT2D eigenvalue weighted by molar-refractivity contribution is 6.32. The molecule has 0 bridgehead atoms. The molecule has 0 amide bonds. The zero-order valence-electron chi connectivity index (χ0n) is 15.3. The Balaban J connectivity index is 2.45. The molecule has 2 aromatic rings. The van der Waals surface area contributed by atoms with E-state index >= 15 is 0 Å². The molecule has 0 atom stereocenters. The van der Waals surface area contributed by atoms with Crippen molar-refractivity contribution in [2.24, 2.45) is 0 Å². The Morgan fingerprint density at radius 3 is 2.54 bits per heavy atom. The Labute approximate surface area is 165 Å². The van der Waals surface area contributed by atoms with Gasteiger partial charge < -0.3 is 4.42 Å². The number of carbonyl (C=O) groups is 1. The molecule has 0 radical (unpaired) electrons. The van der Waals surface area contributed by atoms with Gasteiger partial charge >= 0.3 is 0 Å². The second-order valence-electron chi connectivity index (χ2n) is 6.17. The number of halogens is 2. The summed E-state index contributed by atoms with van der Waals surface area (Å²) in [6.07, 6.45) is 7.84. The monoisotopic (exact) mass is 390 g/mol. The summed E-state index contributed by atoms with van der Waals surface area (Å²) in [5.74, 6) is 0.514. The van der Waals surface area contributed by atoms with Crippen LogP contribution in [0.1, 0.15) is 55.6 Å². The minimum atomic E-state index is -0.151. The van der Waals surface area contributed by atoms with Crippen molar-refractivity contribution < 1.29 is 9.21 Å². The van der Waals surface area contributed by atoms with Crippen molar-refractivity contribution in [2.75, 3.05) is 0 Å². The Morgan fingerprint density at radius 1 is 1.15 bits per heavy atom. The molecule has 0 aliphatic carbocycles. The molecule has 0 aliphatic rings. The number of unbranched alkanes of at least 4 members (excludes halogenated alkanes) is 2. The molecule has 1 aromatic carbocycles. The van der Waals surface area contributed by atoms with Crippen LogP contribution in [-0.2, 0) is 6.42 Å². The maximum atomic E-state index is 13.3. The summed E-state index contributed by atoms with van der Waals surface area (Å²) in [4.78, 5) is 13.3. The van der Waals surface area contributed by atoms with Gasteiger partial charge in [-0.05, 0) is 31.1 Å². The van der Waals surface area contributed by atoms with E-state index in [0.717, 1.165) is 31.1 Å². The number of allylic oxidation sites excluding steroid dienone is 5. The third kappa shape index (κ3) is 5.12. The number of aryl methyl sites for hydroxylation is 1. The van der Waals surface area contributed by atoms with Gasteiger partial charge in [-0.1, -0.05) is 74.7 Å². The van der Waals surface area contributed by atoms with Crippen molar-refractivity contribution in [1.29, 1.82) is 0 Å². The fourth-order valence-electron chi connectivity index (χ4n) is 2.86. The standard InChI is InChI=1S/C22H24Cl2O2/c1-4-6-7-10-17(24)14-16(13-15(3)23)22(25)21-18-11-8-9-12-20(18)26-19(21)5-2/h8-9,11-14H,3-7,10H2,1-2H3/b16-13+,17-14+. The summed E-state index contributed by atoms with van der Waals surface area (Å²) in [6.45, 7) is 7.79. The zero-order chi connectivity index (χ0) is 19.1. The zero-order valence-corrected chi connectivity index (χ0v) is 16.8. The highest BCUT2D eigenvalue weighted by Crippen LogP contribution is 2.30. The van der Waals surface area contributed by atoms with Crippen LogP contribution in [0.4, 0.5) is 0 Å². The van der Waals surface area contributed by atoms with E-state index in [1.807, 2.05) is 31.2 Å². The van der Waals surface area contributed by atoms with Crippen LogP contribution in [0.5, 0.6) is 0 Å². The lowest BCUT2D eigenvalue weighted by Gasteiger charge is -2.05. The molecule has 0 saturated heterocycles. The number of Topliss-reactive ketones (excluding diaryl/α,β-unsaturated/α-hetero) is 1. The fraction of sp³-hybridized carbons (Fsp3) is 0.318. The van der Waals surface area contributed by atoms with Gasteiger partial charge in [-0.2, -0.15) is 0 Å². The summed E-state index contributed by atoms with van der Waals surface area (Å²) in [5, 5.41) is 1.73. The van der Waals surface area contributed by atoms with E-state index in [1.54, 1.807) is 12.2 Å². The van der Waals surface area contributed by atoms with Crippen LogP contribution in [-0.4, -0.2) is 5.78 Å². The third-order valence-electron chi connectivity index (χ3n) is 4.12. The fourth-order valence-corrected chi connectivity index (χ4v) is 3.23. The van der Waals surface area contributed by atoms with E-state index in [-0.39, 0.29) is 10.8 Å². The van der Waals surface area contributed by atoms with Crippen molar-refractivity contribution in [2.45, 2.75) is 46.0 Å². The maximum absolute atomic E-state index is 13.3. The number of furan rings is 1. The lowest BCUT2D eigenvalue weighted by molar-refractivity contribution is 0.103. The van der Waals surface area contributed by atoms with E-state index < -0.39 is 0 Å². The van der Waals surface area contributed by atoms with E-state index in [9.17, 15) is 4.79 Å². The molecule has 4 heteroatoms. The molecule has 0 N–H and O–H groups in total. The van der Waals surface area contributed by atoms with Gasteiger partial charge in [0.25, 0.3) is 0 Å². The molecular formula is C22H24Cl2O2. The van der Waals surface area contributed by atoms with Crippen LogP contribution in [0.2, 0.25) is 0 Å². The average Bonchev–Trinajstić information content (AvgIpc) is 2.99. The largest absolute Gasteiger partial charge is 0.460 e. The first-order valence-electron chi connectivity index (χ1n) is 8.95. The van der Waals surface area contributed by atoms with Crippen LogP contribution in [0.25, 0.3) is 11.0 Å². The molecule has 0 spiro atoms. The number of benzene rings is 1. The molecule has 2 nitrogen and oxygen atoms in total. The first kappa shape index (κ1) is 20.5. The predicted octanol–water partition coefficient (Wildman–Crippen LogP) is 7.56. The molecule has 0 fully saturated rings. The Hall–Kier alpha value is -1.77. The topological polar surface area (TPSA) is 30.2 Å². The number of carbonyl (C=O) groups excluding carboxylic acids is 1. The summed E-state index contributed by atoms with van der Waals surface area (Å²) < 4.78 is 5.85. The van der Waals surface area contributed by atoms with E-state index in [2.05, 4.69) is 13.5 Å². The van der Waals surface area contributed by atoms with Crippen molar-refractivity contribution in [3.8, 4) is 0 Å². The summed E-state index contributed by atoms with van der Waals surface area (Å²) in [6, 6.07) is 7.54. The normalized spacial score (nSPS) is 12.6. The molecular weight excluding hydrogens is 367 g/mol. The quantitative estimate of drug-likeness (QED) is 0.191. The molecule has 26 heavy (non-hydrogen) atoms. The first-order chi connectivity index (χ1) is 12.5. The van der Waals surface area contributed by atoms with E-state index in [4.69, 9.17) is 27.6 Å². The minimum absolute atomic E-state index is 0.151. The molecule has 138 valence electrons. The summed E-state index contributed by atoms with van der Waals surface area (Å²) in [7, 11) is 0. The highest BCUT2D eigenvalue weighted by Gasteiger charge is 2.22. The van der Waals surface area contributed by atoms with Gasteiger partial charge in [0, 0.05) is 27.4 Å². The molecule has 0 unspecified atom stereocenters.